The normalized spacial score (nSPS) is 17.5. The molecule has 0 aliphatic heterocycles. The molecule has 1 aliphatic carbocycles. The lowest BCUT2D eigenvalue weighted by atomic mass is 9.79. The van der Waals surface area contributed by atoms with Crippen molar-refractivity contribution >= 4 is 15.6 Å². The van der Waals surface area contributed by atoms with E-state index in [0.717, 1.165) is 6.26 Å². The van der Waals surface area contributed by atoms with E-state index in [1.807, 2.05) is 18.2 Å². The Bertz CT molecular complexity index is 591. The maximum atomic E-state index is 12.2. The zero-order valence-electron chi connectivity index (χ0n) is 11.7. The average molecular weight is 295 g/mol. The second-order valence-electron chi connectivity index (χ2n) is 5.64. The van der Waals surface area contributed by atoms with Gasteiger partial charge in [0.1, 0.15) is 9.84 Å². The van der Waals surface area contributed by atoms with Gasteiger partial charge >= 0.3 is 0 Å². The highest BCUT2D eigenvalue weighted by Gasteiger charge is 2.22. The lowest BCUT2D eigenvalue weighted by molar-refractivity contribution is 0.0959. The van der Waals surface area contributed by atoms with Crippen LogP contribution in [-0.2, 0) is 9.84 Å². The highest BCUT2D eigenvalue weighted by molar-refractivity contribution is 7.90. The number of benzene rings is 1. The number of hydrogen-bond donors (Lipinski definition) is 1. The predicted octanol–water partition coefficient (Wildman–Crippen LogP) is 1.90. The molecule has 20 heavy (non-hydrogen) atoms. The van der Waals surface area contributed by atoms with E-state index < -0.39 is 15.9 Å². The van der Waals surface area contributed by atoms with Crippen molar-refractivity contribution in [2.75, 3.05) is 12.0 Å². The third-order valence-electron chi connectivity index (χ3n) is 3.88. The maximum absolute atomic E-state index is 12.2. The topological polar surface area (TPSA) is 77.2 Å². The van der Waals surface area contributed by atoms with Crippen molar-refractivity contribution in [3.8, 4) is 0 Å². The molecule has 1 saturated carbocycles. The first-order chi connectivity index (χ1) is 9.37. The molecule has 5 heteroatoms. The van der Waals surface area contributed by atoms with Crippen LogP contribution in [0.15, 0.2) is 24.3 Å². The van der Waals surface area contributed by atoms with E-state index in [1.54, 1.807) is 6.07 Å². The molecule has 0 aromatic heterocycles. The SMILES string of the molecule is CS(=O)(=O)CCC(N)C(=O)c1cccc(C2CCC2)c1. The van der Waals surface area contributed by atoms with Gasteiger partial charge in [-0.3, -0.25) is 4.79 Å². The summed E-state index contributed by atoms with van der Waals surface area (Å²) in [5.41, 5.74) is 7.60. The van der Waals surface area contributed by atoms with Crippen molar-refractivity contribution in [3.05, 3.63) is 35.4 Å². The summed E-state index contributed by atoms with van der Waals surface area (Å²) in [5.74, 6) is 0.340. The summed E-state index contributed by atoms with van der Waals surface area (Å²) in [6.07, 6.45) is 4.93. The minimum Gasteiger partial charge on any atom is -0.321 e. The van der Waals surface area contributed by atoms with Crippen molar-refractivity contribution < 1.29 is 13.2 Å². The van der Waals surface area contributed by atoms with E-state index in [9.17, 15) is 13.2 Å². The van der Waals surface area contributed by atoms with Gasteiger partial charge in [0.15, 0.2) is 5.78 Å². The van der Waals surface area contributed by atoms with Crippen LogP contribution in [0.25, 0.3) is 0 Å². The summed E-state index contributed by atoms with van der Waals surface area (Å²) < 4.78 is 22.2. The van der Waals surface area contributed by atoms with Crippen molar-refractivity contribution in [3.63, 3.8) is 0 Å². The number of rotatable bonds is 6. The number of carbonyl (C=O) groups excluding carboxylic acids is 1. The van der Waals surface area contributed by atoms with Crippen molar-refractivity contribution in [1.82, 2.24) is 0 Å². The fraction of sp³-hybridized carbons (Fsp3) is 0.533. The standard InChI is InChI=1S/C15H21NO3S/c1-20(18,19)9-8-14(16)15(17)13-7-3-6-12(10-13)11-4-2-5-11/h3,6-7,10-11,14H,2,4-5,8-9,16H2,1H3. The first kappa shape index (κ1) is 15.2. The Balaban J connectivity index is 2.04. The molecular formula is C15H21NO3S. The van der Waals surface area contributed by atoms with Crippen LogP contribution in [0, 0.1) is 0 Å². The Kier molecular flexibility index (Phi) is 4.60. The first-order valence-corrected chi connectivity index (χ1v) is 9.00. The fourth-order valence-corrected chi connectivity index (χ4v) is 3.06. The van der Waals surface area contributed by atoms with Gasteiger partial charge in [-0.15, -0.1) is 0 Å². The monoisotopic (exact) mass is 295 g/mol. The van der Waals surface area contributed by atoms with E-state index in [4.69, 9.17) is 5.73 Å². The second kappa shape index (κ2) is 6.06. The molecule has 1 atom stereocenters. The van der Waals surface area contributed by atoms with Crippen LogP contribution >= 0.6 is 0 Å². The van der Waals surface area contributed by atoms with Gasteiger partial charge in [-0.1, -0.05) is 24.6 Å². The minimum atomic E-state index is -3.08. The van der Waals surface area contributed by atoms with E-state index in [2.05, 4.69) is 0 Å². The molecule has 0 amide bonds. The second-order valence-corrected chi connectivity index (χ2v) is 7.90. The summed E-state index contributed by atoms with van der Waals surface area (Å²) >= 11 is 0. The van der Waals surface area contributed by atoms with E-state index in [1.165, 1.54) is 24.8 Å². The summed E-state index contributed by atoms with van der Waals surface area (Å²) in [4.78, 5) is 12.2. The van der Waals surface area contributed by atoms with Gasteiger partial charge in [-0.05, 0) is 36.8 Å². The maximum Gasteiger partial charge on any atom is 0.179 e. The van der Waals surface area contributed by atoms with Gasteiger partial charge in [0.25, 0.3) is 0 Å². The van der Waals surface area contributed by atoms with Gasteiger partial charge in [0, 0.05) is 11.8 Å². The fourth-order valence-electron chi connectivity index (χ4n) is 2.37. The summed E-state index contributed by atoms with van der Waals surface area (Å²) in [7, 11) is -3.08. The van der Waals surface area contributed by atoms with Crippen LogP contribution < -0.4 is 5.73 Å². The van der Waals surface area contributed by atoms with Crippen LogP contribution in [0.3, 0.4) is 0 Å². The molecule has 0 saturated heterocycles. The summed E-state index contributed by atoms with van der Waals surface area (Å²) in [6, 6.07) is 6.84. The van der Waals surface area contributed by atoms with Gasteiger partial charge in [0.05, 0.1) is 11.8 Å². The number of Topliss-reactive ketones (excluding diaryl/α,β-unsaturated/α-hetero) is 1. The van der Waals surface area contributed by atoms with Crippen LogP contribution in [0.2, 0.25) is 0 Å². The number of carbonyl (C=O) groups is 1. The third kappa shape index (κ3) is 3.90. The molecule has 1 fully saturated rings. The van der Waals surface area contributed by atoms with E-state index >= 15 is 0 Å². The van der Waals surface area contributed by atoms with Crippen molar-refractivity contribution in [2.45, 2.75) is 37.6 Å². The Morgan fingerprint density at radius 3 is 2.65 bits per heavy atom. The van der Waals surface area contributed by atoms with Gasteiger partial charge in [0.2, 0.25) is 0 Å². The zero-order valence-corrected chi connectivity index (χ0v) is 12.5. The van der Waals surface area contributed by atoms with Crippen LogP contribution in [-0.4, -0.2) is 32.3 Å². The lowest BCUT2D eigenvalue weighted by Gasteiger charge is -2.26. The molecule has 0 spiro atoms. The Hall–Kier alpha value is -1.20. The summed E-state index contributed by atoms with van der Waals surface area (Å²) in [5, 5.41) is 0. The van der Waals surface area contributed by atoms with Gasteiger partial charge in [-0.25, -0.2) is 8.42 Å². The molecule has 0 bridgehead atoms. The van der Waals surface area contributed by atoms with Crippen LogP contribution in [0.1, 0.15) is 47.5 Å². The molecule has 1 aliphatic rings. The lowest BCUT2D eigenvalue weighted by Crippen LogP contribution is -2.32. The quantitative estimate of drug-likeness (QED) is 0.813. The first-order valence-electron chi connectivity index (χ1n) is 6.94. The molecule has 2 rings (SSSR count). The van der Waals surface area contributed by atoms with E-state index in [-0.39, 0.29) is 18.0 Å². The summed E-state index contributed by atoms with van der Waals surface area (Å²) in [6.45, 7) is 0. The Morgan fingerprint density at radius 1 is 1.40 bits per heavy atom. The Labute approximate surface area is 120 Å². The number of sulfone groups is 1. The van der Waals surface area contributed by atoms with Gasteiger partial charge < -0.3 is 5.73 Å². The molecular weight excluding hydrogens is 274 g/mol. The largest absolute Gasteiger partial charge is 0.321 e. The van der Waals surface area contributed by atoms with Crippen molar-refractivity contribution in [2.24, 2.45) is 5.73 Å². The van der Waals surface area contributed by atoms with Crippen molar-refractivity contribution in [1.29, 1.82) is 0 Å². The minimum absolute atomic E-state index is 0.0534. The molecule has 1 unspecified atom stereocenters. The average Bonchev–Trinajstić information content (AvgIpc) is 2.32. The van der Waals surface area contributed by atoms with Crippen LogP contribution in [0.4, 0.5) is 0 Å². The molecule has 2 N–H and O–H groups in total. The molecule has 4 nitrogen and oxygen atoms in total. The third-order valence-corrected chi connectivity index (χ3v) is 4.86. The molecule has 1 aromatic rings. The number of ketones is 1. The Morgan fingerprint density at radius 2 is 2.10 bits per heavy atom. The van der Waals surface area contributed by atoms with E-state index in [0.29, 0.717) is 11.5 Å². The smallest absolute Gasteiger partial charge is 0.179 e. The number of hydrogen-bond acceptors (Lipinski definition) is 4. The molecule has 1 aromatic carbocycles. The molecule has 110 valence electrons. The highest BCUT2D eigenvalue weighted by Crippen LogP contribution is 2.36. The highest BCUT2D eigenvalue weighted by atomic mass is 32.2. The van der Waals surface area contributed by atoms with Gasteiger partial charge in [-0.2, -0.15) is 0 Å². The predicted molar refractivity (Wildman–Crippen MR) is 79.7 cm³/mol. The number of nitrogens with two attached hydrogens (primary N) is 1. The zero-order chi connectivity index (χ0) is 14.8. The van der Waals surface area contributed by atoms with Crippen LogP contribution in [0.5, 0.6) is 0 Å². The molecule has 0 radical (unpaired) electrons. The molecule has 0 heterocycles.